The van der Waals surface area contributed by atoms with Crippen molar-refractivity contribution in [3.63, 3.8) is 0 Å². The molecule has 1 aromatic carbocycles. The standard InChI is InChI=1S/C13H15Cl2F3NO4P/c1-3-22-24(21,23-4-2)12(13(16,17)18)19-11(20)9-6-5-8(14)7-10(9)15/h5-7,12H,3-4H2,1-2H3,(H,19,20). The minimum Gasteiger partial charge on any atom is -0.330 e. The molecule has 0 bridgehead atoms. The Bertz CT molecular complexity index is 632. The number of amides is 1. The Labute approximate surface area is 146 Å². The van der Waals surface area contributed by atoms with E-state index in [2.05, 4.69) is 9.05 Å². The molecule has 1 aromatic rings. The van der Waals surface area contributed by atoms with Crippen molar-refractivity contribution in [3.8, 4) is 0 Å². The van der Waals surface area contributed by atoms with Crippen LogP contribution in [0.25, 0.3) is 0 Å². The second-order valence-electron chi connectivity index (χ2n) is 4.42. The number of carbonyl (C=O) groups is 1. The molecule has 0 saturated heterocycles. The summed E-state index contributed by atoms with van der Waals surface area (Å²) in [4.78, 5) is 12.1. The quantitative estimate of drug-likeness (QED) is 0.654. The van der Waals surface area contributed by atoms with Crippen molar-refractivity contribution in [2.45, 2.75) is 25.8 Å². The monoisotopic (exact) mass is 407 g/mol. The molecule has 0 fully saturated rings. The zero-order chi connectivity index (χ0) is 18.5. The Kier molecular flexibility index (Phi) is 7.56. The molecule has 0 saturated carbocycles. The summed E-state index contributed by atoms with van der Waals surface area (Å²) in [6.07, 6.45) is -5.06. The number of hydrogen-bond acceptors (Lipinski definition) is 4. The van der Waals surface area contributed by atoms with E-state index in [4.69, 9.17) is 23.2 Å². The molecule has 136 valence electrons. The number of rotatable bonds is 7. The molecule has 11 heteroatoms. The summed E-state index contributed by atoms with van der Waals surface area (Å²) in [5.74, 6) is -4.01. The minimum atomic E-state index is -5.06. The first-order valence-corrected chi connectivity index (χ1v) is 9.13. The number of carbonyl (C=O) groups excluding carboxylic acids is 1. The maximum absolute atomic E-state index is 13.3. The van der Waals surface area contributed by atoms with Crippen LogP contribution in [0.15, 0.2) is 18.2 Å². The lowest BCUT2D eigenvalue weighted by atomic mass is 10.2. The van der Waals surface area contributed by atoms with Crippen LogP contribution in [0.1, 0.15) is 24.2 Å². The third-order valence-electron chi connectivity index (χ3n) is 2.69. The predicted octanol–water partition coefficient (Wildman–Crippen LogP) is 4.88. The molecule has 0 aromatic heterocycles. The molecule has 0 aliphatic carbocycles. The zero-order valence-corrected chi connectivity index (χ0v) is 15.1. The topological polar surface area (TPSA) is 64.6 Å². The van der Waals surface area contributed by atoms with E-state index in [0.717, 1.165) is 6.07 Å². The van der Waals surface area contributed by atoms with Gasteiger partial charge in [0.2, 0.25) is 5.78 Å². The first kappa shape index (κ1) is 21.3. The van der Waals surface area contributed by atoms with Crippen LogP contribution in [0.5, 0.6) is 0 Å². The van der Waals surface area contributed by atoms with Gasteiger partial charge in [-0.05, 0) is 32.0 Å². The normalized spacial score (nSPS) is 13.6. The van der Waals surface area contributed by atoms with Crippen molar-refractivity contribution in [2.24, 2.45) is 0 Å². The molecule has 0 spiro atoms. The van der Waals surface area contributed by atoms with Crippen LogP contribution in [0, 0.1) is 0 Å². The molecule has 1 amide bonds. The molecular formula is C13H15Cl2F3NO4P. The summed E-state index contributed by atoms with van der Waals surface area (Å²) >= 11 is 11.5. The van der Waals surface area contributed by atoms with Crippen molar-refractivity contribution in [1.29, 1.82) is 0 Å². The summed E-state index contributed by atoms with van der Waals surface area (Å²) in [5, 5.41) is 1.70. The van der Waals surface area contributed by atoms with E-state index in [1.807, 2.05) is 0 Å². The van der Waals surface area contributed by atoms with Gasteiger partial charge >= 0.3 is 13.8 Å². The molecule has 0 aliphatic rings. The summed E-state index contributed by atoms with van der Waals surface area (Å²) < 4.78 is 61.7. The highest BCUT2D eigenvalue weighted by atomic mass is 35.5. The zero-order valence-electron chi connectivity index (χ0n) is 12.7. The van der Waals surface area contributed by atoms with Crippen LogP contribution in [-0.2, 0) is 13.6 Å². The van der Waals surface area contributed by atoms with Crippen LogP contribution in [0.2, 0.25) is 10.0 Å². The van der Waals surface area contributed by atoms with E-state index in [-0.39, 0.29) is 28.8 Å². The van der Waals surface area contributed by atoms with Gasteiger partial charge in [0.25, 0.3) is 5.91 Å². The fourth-order valence-corrected chi connectivity index (χ4v) is 3.98. The molecule has 1 N–H and O–H groups in total. The van der Waals surface area contributed by atoms with E-state index in [1.165, 1.54) is 26.0 Å². The SMILES string of the molecule is CCOP(=O)(OCC)C(NC(=O)c1ccc(Cl)cc1Cl)C(F)(F)F. The van der Waals surface area contributed by atoms with Crippen molar-refractivity contribution in [3.05, 3.63) is 33.8 Å². The van der Waals surface area contributed by atoms with Crippen LogP contribution < -0.4 is 5.32 Å². The van der Waals surface area contributed by atoms with Crippen molar-refractivity contribution < 1.29 is 31.6 Å². The third-order valence-corrected chi connectivity index (χ3v) is 5.53. The second kappa shape index (κ2) is 8.54. The van der Waals surface area contributed by atoms with Gasteiger partial charge in [-0.25, -0.2) is 0 Å². The van der Waals surface area contributed by atoms with E-state index >= 15 is 0 Å². The van der Waals surface area contributed by atoms with Gasteiger partial charge in [-0.1, -0.05) is 23.2 Å². The van der Waals surface area contributed by atoms with Gasteiger partial charge in [0.15, 0.2) is 0 Å². The van der Waals surface area contributed by atoms with Gasteiger partial charge in [0.1, 0.15) is 0 Å². The minimum absolute atomic E-state index is 0.149. The molecule has 1 atom stereocenters. The lowest BCUT2D eigenvalue weighted by molar-refractivity contribution is -0.139. The molecule has 5 nitrogen and oxygen atoms in total. The van der Waals surface area contributed by atoms with E-state index in [9.17, 15) is 22.5 Å². The first-order chi connectivity index (χ1) is 11.0. The number of alkyl halides is 3. The lowest BCUT2D eigenvalue weighted by Crippen LogP contribution is -2.46. The van der Waals surface area contributed by atoms with Crippen molar-refractivity contribution >= 4 is 36.7 Å². The van der Waals surface area contributed by atoms with Crippen molar-refractivity contribution in [2.75, 3.05) is 13.2 Å². The van der Waals surface area contributed by atoms with Gasteiger partial charge in [-0.2, -0.15) is 13.2 Å². The summed E-state index contributed by atoms with van der Waals surface area (Å²) in [7, 11) is -4.68. The molecular weight excluding hydrogens is 393 g/mol. The molecule has 24 heavy (non-hydrogen) atoms. The fourth-order valence-electron chi connectivity index (χ4n) is 1.76. The molecule has 1 rings (SSSR count). The van der Waals surface area contributed by atoms with Crippen LogP contribution in [0.3, 0.4) is 0 Å². The maximum Gasteiger partial charge on any atom is 0.420 e. The summed E-state index contributed by atoms with van der Waals surface area (Å²) in [6, 6.07) is 3.64. The first-order valence-electron chi connectivity index (χ1n) is 6.76. The average molecular weight is 408 g/mol. The van der Waals surface area contributed by atoms with E-state index < -0.39 is 25.5 Å². The third kappa shape index (κ3) is 5.36. The summed E-state index contributed by atoms with van der Waals surface area (Å²) in [5.41, 5.74) is -0.255. The second-order valence-corrected chi connectivity index (χ2v) is 7.37. The molecule has 0 aliphatic heterocycles. The maximum atomic E-state index is 13.3. The van der Waals surface area contributed by atoms with Crippen LogP contribution in [-0.4, -0.2) is 31.1 Å². The lowest BCUT2D eigenvalue weighted by Gasteiger charge is -2.28. The number of benzene rings is 1. The molecule has 0 radical (unpaired) electrons. The van der Waals surface area contributed by atoms with Gasteiger partial charge in [0, 0.05) is 5.02 Å². The Morgan fingerprint density at radius 2 is 1.79 bits per heavy atom. The Morgan fingerprint density at radius 1 is 1.25 bits per heavy atom. The largest absolute Gasteiger partial charge is 0.420 e. The average Bonchev–Trinajstić information content (AvgIpc) is 2.43. The van der Waals surface area contributed by atoms with Gasteiger partial charge in [0.05, 0.1) is 23.8 Å². The summed E-state index contributed by atoms with van der Waals surface area (Å²) in [6.45, 7) is 2.14. The van der Waals surface area contributed by atoms with Crippen LogP contribution in [0.4, 0.5) is 13.2 Å². The van der Waals surface area contributed by atoms with E-state index in [0.29, 0.717) is 0 Å². The number of hydrogen-bond donors (Lipinski definition) is 1. The molecule has 1 unspecified atom stereocenters. The van der Waals surface area contributed by atoms with Gasteiger partial charge in [-0.15, -0.1) is 0 Å². The van der Waals surface area contributed by atoms with Crippen molar-refractivity contribution in [1.82, 2.24) is 5.32 Å². The Morgan fingerprint density at radius 3 is 2.21 bits per heavy atom. The smallest absolute Gasteiger partial charge is 0.330 e. The fraction of sp³-hybridized carbons (Fsp3) is 0.462. The Hall–Kier alpha value is -0.790. The van der Waals surface area contributed by atoms with Gasteiger partial charge < -0.3 is 14.4 Å². The predicted molar refractivity (Wildman–Crippen MR) is 84.6 cm³/mol. The molecule has 0 heterocycles. The highest BCUT2D eigenvalue weighted by Gasteiger charge is 2.55. The van der Waals surface area contributed by atoms with Crippen LogP contribution >= 0.6 is 30.8 Å². The Balaban J connectivity index is 3.18. The number of nitrogens with one attached hydrogen (secondary N) is 1. The van der Waals surface area contributed by atoms with E-state index in [1.54, 1.807) is 5.32 Å². The highest BCUT2D eigenvalue weighted by molar-refractivity contribution is 7.54. The highest BCUT2D eigenvalue weighted by Crippen LogP contribution is 2.57. The number of halogens is 5. The van der Waals surface area contributed by atoms with Gasteiger partial charge in [-0.3, -0.25) is 9.36 Å².